The summed E-state index contributed by atoms with van der Waals surface area (Å²) in [5.41, 5.74) is 1.06. The number of halogens is 1. The molecule has 3 rings (SSSR count). The molecule has 0 spiro atoms. The second kappa shape index (κ2) is 5.35. The van der Waals surface area contributed by atoms with Crippen LogP contribution in [0.3, 0.4) is 0 Å². The fourth-order valence-corrected chi connectivity index (χ4v) is 2.22. The molecule has 2 aromatic rings. The molecular formula is C15H12FN5. The van der Waals surface area contributed by atoms with E-state index in [1.54, 1.807) is 12.1 Å². The van der Waals surface area contributed by atoms with Crippen LogP contribution in [0.1, 0.15) is 29.8 Å². The molecule has 21 heavy (non-hydrogen) atoms. The van der Waals surface area contributed by atoms with Crippen LogP contribution < -0.4 is 5.32 Å². The number of aromatic nitrogens is 2. The molecule has 0 atom stereocenters. The van der Waals surface area contributed by atoms with Gasteiger partial charge >= 0.3 is 0 Å². The lowest BCUT2D eigenvalue weighted by Gasteiger charge is -2.12. The summed E-state index contributed by atoms with van der Waals surface area (Å²) in [6.07, 6.45) is 3.59. The predicted molar refractivity (Wildman–Crippen MR) is 72.8 cm³/mol. The molecule has 1 aromatic heterocycles. The van der Waals surface area contributed by atoms with Gasteiger partial charge in [-0.3, -0.25) is 4.57 Å². The van der Waals surface area contributed by atoms with Crippen LogP contribution in [0.2, 0.25) is 0 Å². The Hall–Kier alpha value is -2.70. The quantitative estimate of drug-likeness (QED) is 0.929. The van der Waals surface area contributed by atoms with Crippen molar-refractivity contribution in [3.8, 4) is 17.8 Å². The zero-order valence-electron chi connectivity index (χ0n) is 11.2. The summed E-state index contributed by atoms with van der Waals surface area (Å²) in [6, 6.07) is 9.03. The highest BCUT2D eigenvalue weighted by Gasteiger charge is 2.22. The fourth-order valence-electron chi connectivity index (χ4n) is 2.22. The van der Waals surface area contributed by atoms with Crippen LogP contribution in [-0.2, 0) is 6.54 Å². The van der Waals surface area contributed by atoms with Gasteiger partial charge in [-0.2, -0.15) is 10.5 Å². The molecule has 0 amide bonds. The molecule has 1 N–H and O–H groups in total. The van der Waals surface area contributed by atoms with Gasteiger partial charge in [0.15, 0.2) is 11.4 Å². The maximum atomic E-state index is 14.2. The molecule has 104 valence electrons. The molecule has 6 heteroatoms. The Balaban J connectivity index is 2.06. The molecule has 1 fully saturated rings. The minimum atomic E-state index is -0.441. The third-order valence-electron chi connectivity index (χ3n) is 3.45. The van der Waals surface area contributed by atoms with Crippen molar-refractivity contribution in [2.45, 2.75) is 25.4 Å². The van der Waals surface area contributed by atoms with Gasteiger partial charge in [0.2, 0.25) is 0 Å². The second-order valence-corrected chi connectivity index (χ2v) is 4.94. The number of benzene rings is 1. The monoisotopic (exact) mass is 281 g/mol. The van der Waals surface area contributed by atoms with Gasteiger partial charge in [-0.25, -0.2) is 9.37 Å². The van der Waals surface area contributed by atoms with E-state index in [1.807, 2.05) is 12.1 Å². The predicted octanol–water partition coefficient (Wildman–Crippen LogP) is 2.01. The Morgan fingerprint density at radius 3 is 2.81 bits per heavy atom. The van der Waals surface area contributed by atoms with E-state index in [0.29, 0.717) is 12.6 Å². The summed E-state index contributed by atoms with van der Waals surface area (Å²) in [5.74, 6) is -0.441. The lowest BCUT2D eigenvalue weighted by Crippen LogP contribution is -2.17. The summed E-state index contributed by atoms with van der Waals surface area (Å²) < 4.78 is 15.6. The molecule has 1 aromatic carbocycles. The van der Waals surface area contributed by atoms with Crippen LogP contribution in [0, 0.1) is 28.5 Å². The topological polar surface area (TPSA) is 77.4 Å². The van der Waals surface area contributed by atoms with Crippen molar-refractivity contribution in [1.82, 2.24) is 14.9 Å². The number of nitriles is 2. The van der Waals surface area contributed by atoms with Crippen molar-refractivity contribution in [3.05, 3.63) is 47.3 Å². The Kier molecular flexibility index (Phi) is 3.39. The van der Waals surface area contributed by atoms with E-state index in [9.17, 15) is 9.65 Å². The van der Waals surface area contributed by atoms with Crippen molar-refractivity contribution < 1.29 is 4.39 Å². The van der Waals surface area contributed by atoms with Gasteiger partial charge in [0.05, 0.1) is 5.69 Å². The average molecular weight is 281 g/mol. The average Bonchev–Trinajstić information content (AvgIpc) is 3.23. The SMILES string of the molecule is N#Cc1ncn(-c2c(F)cccc2CNC2CC2)c1C#N. The number of nitrogens with one attached hydrogen (secondary N) is 1. The molecule has 0 radical (unpaired) electrons. The van der Waals surface area contributed by atoms with Gasteiger partial charge in [0.25, 0.3) is 0 Å². The van der Waals surface area contributed by atoms with Crippen molar-refractivity contribution in [2.24, 2.45) is 0 Å². The Morgan fingerprint density at radius 1 is 1.33 bits per heavy atom. The number of imidazole rings is 1. The normalized spacial score (nSPS) is 13.7. The first kappa shape index (κ1) is 13.3. The van der Waals surface area contributed by atoms with Crippen molar-refractivity contribution in [1.29, 1.82) is 10.5 Å². The van der Waals surface area contributed by atoms with Crippen LogP contribution in [0.4, 0.5) is 4.39 Å². The number of para-hydroxylation sites is 1. The highest BCUT2D eigenvalue weighted by molar-refractivity contribution is 5.49. The van der Waals surface area contributed by atoms with Crippen LogP contribution >= 0.6 is 0 Å². The van der Waals surface area contributed by atoms with Gasteiger partial charge in [-0.05, 0) is 24.5 Å². The maximum Gasteiger partial charge on any atom is 0.177 e. The number of hydrogen-bond donors (Lipinski definition) is 1. The molecule has 5 nitrogen and oxygen atoms in total. The summed E-state index contributed by atoms with van der Waals surface area (Å²) >= 11 is 0. The highest BCUT2D eigenvalue weighted by atomic mass is 19.1. The van der Waals surface area contributed by atoms with Gasteiger partial charge in [0.1, 0.15) is 24.3 Å². The largest absolute Gasteiger partial charge is 0.310 e. The fraction of sp³-hybridized carbons (Fsp3) is 0.267. The van der Waals surface area contributed by atoms with E-state index in [1.165, 1.54) is 17.0 Å². The molecular weight excluding hydrogens is 269 g/mol. The van der Waals surface area contributed by atoms with Crippen molar-refractivity contribution in [3.63, 3.8) is 0 Å². The Morgan fingerprint density at radius 2 is 2.14 bits per heavy atom. The van der Waals surface area contributed by atoms with Gasteiger partial charge < -0.3 is 5.32 Å². The first-order valence-electron chi connectivity index (χ1n) is 6.63. The standard InChI is InChI=1S/C15H12FN5/c16-12-3-1-2-10(8-19-11-4-5-11)15(12)21-9-20-13(6-17)14(21)7-18/h1-3,9,11,19H,4-5,8H2. The van der Waals surface area contributed by atoms with E-state index in [0.717, 1.165) is 18.4 Å². The minimum Gasteiger partial charge on any atom is -0.310 e. The zero-order valence-corrected chi connectivity index (χ0v) is 11.2. The van der Waals surface area contributed by atoms with Gasteiger partial charge in [-0.15, -0.1) is 0 Å². The molecule has 0 aliphatic heterocycles. The van der Waals surface area contributed by atoms with E-state index in [-0.39, 0.29) is 17.1 Å². The lowest BCUT2D eigenvalue weighted by atomic mass is 10.1. The van der Waals surface area contributed by atoms with Crippen LogP contribution in [0.25, 0.3) is 5.69 Å². The van der Waals surface area contributed by atoms with Crippen LogP contribution in [-0.4, -0.2) is 15.6 Å². The second-order valence-electron chi connectivity index (χ2n) is 4.94. The third kappa shape index (κ3) is 2.49. The maximum absolute atomic E-state index is 14.2. The first-order chi connectivity index (χ1) is 10.2. The van der Waals surface area contributed by atoms with E-state index in [4.69, 9.17) is 5.26 Å². The lowest BCUT2D eigenvalue weighted by molar-refractivity contribution is 0.608. The summed E-state index contributed by atoms with van der Waals surface area (Å²) in [4.78, 5) is 3.86. The molecule has 1 aliphatic rings. The molecule has 0 saturated heterocycles. The number of rotatable bonds is 4. The Bertz CT molecular complexity index is 761. The summed E-state index contributed by atoms with van der Waals surface area (Å²) in [6.45, 7) is 0.517. The number of nitrogens with zero attached hydrogens (tertiary/aromatic N) is 4. The van der Waals surface area contributed by atoms with Crippen LogP contribution in [0.5, 0.6) is 0 Å². The van der Waals surface area contributed by atoms with Crippen LogP contribution in [0.15, 0.2) is 24.5 Å². The molecule has 0 unspecified atom stereocenters. The zero-order chi connectivity index (χ0) is 14.8. The van der Waals surface area contributed by atoms with Gasteiger partial charge in [0, 0.05) is 12.6 Å². The molecule has 0 bridgehead atoms. The first-order valence-corrected chi connectivity index (χ1v) is 6.63. The molecule has 1 aliphatic carbocycles. The van der Waals surface area contributed by atoms with E-state index in [2.05, 4.69) is 10.3 Å². The molecule has 1 heterocycles. The third-order valence-corrected chi connectivity index (χ3v) is 3.45. The van der Waals surface area contributed by atoms with E-state index >= 15 is 0 Å². The van der Waals surface area contributed by atoms with E-state index < -0.39 is 5.82 Å². The highest BCUT2D eigenvalue weighted by Crippen LogP contribution is 2.24. The van der Waals surface area contributed by atoms with Crippen molar-refractivity contribution in [2.75, 3.05) is 0 Å². The number of hydrogen-bond acceptors (Lipinski definition) is 4. The molecule has 1 saturated carbocycles. The summed E-state index contributed by atoms with van der Waals surface area (Å²) in [7, 11) is 0. The van der Waals surface area contributed by atoms with Gasteiger partial charge in [-0.1, -0.05) is 12.1 Å². The van der Waals surface area contributed by atoms with Crippen molar-refractivity contribution >= 4 is 0 Å². The minimum absolute atomic E-state index is 0.00172. The summed E-state index contributed by atoms with van der Waals surface area (Å²) in [5, 5.41) is 21.5. The smallest absolute Gasteiger partial charge is 0.177 e. The Labute approximate surface area is 121 Å².